The molecule has 154 valence electrons. The normalized spacial score (nSPS) is 20.3. The predicted octanol–water partition coefficient (Wildman–Crippen LogP) is 2.91. The van der Waals surface area contributed by atoms with Crippen LogP contribution >= 0.6 is 0 Å². The number of likely N-dealkylation sites (tertiary alicyclic amines) is 1. The van der Waals surface area contributed by atoms with Crippen LogP contribution in [0.2, 0.25) is 0 Å². The summed E-state index contributed by atoms with van der Waals surface area (Å²) in [4.78, 5) is 29.8. The molecule has 0 bridgehead atoms. The Hall–Kier alpha value is -2.63. The van der Waals surface area contributed by atoms with Crippen LogP contribution in [0.1, 0.15) is 44.1 Å². The summed E-state index contributed by atoms with van der Waals surface area (Å²) in [6, 6.07) is 11.5. The molecule has 1 unspecified atom stereocenters. The number of piperidine rings is 1. The largest absolute Gasteiger partial charge is 0.369 e. The number of rotatable bonds is 4. The molecule has 1 atom stereocenters. The van der Waals surface area contributed by atoms with Crippen molar-refractivity contribution in [3.05, 3.63) is 58.5 Å². The van der Waals surface area contributed by atoms with E-state index in [1.807, 2.05) is 30.3 Å². The predicted molar refractivity (Wildman–Crippen MR) is 114 cm³/mol. The van der Waals surface area contributed by atoms with Gasteiger partial charge in [-0.25, -0.2) is 4.68 Å². The smallest absolute Gasteiger partial charge is 0.269 e. The highest BCUT2D eigenvalue weighted by molar-refractivity contribution is 5.79. The van der Waals surface area contributed by atoms with E-state index in [4.69, 9.17) is 0 Å². The number of carbonyl (C=O) groups is 1. The molecule has 0 aliphatic carbocycles. The van der Waals surface area contributed by atoms with Crippen molar-refractivity contribution in [2.24, 2.45) is 5.92 Å². The van der Waals surface area contributed by atoms with Crippen LogP contribution in [0.25, 0.3) is 0 Å². The van der Waals surface area contributed by atoms with Crippen LogP contribution in [0, 0.1) is 5.92 Å². The van der Waals surface area contributed by atoms with Crippen LogP contribution in [0.3, 0.4) is 0 Å². The third-order valence-corrected chi connectivity index (χ3v) is 6.08. The minimum absolute atomic E-state index is 0.0219. The molecule has 1 aromatic carbocycles. The molecule has 0 N–H and O–H groups in total. The van der Waals surface area contributed by atoms with Crippen LogP contribution in [0.4, 0.5) is 5.69 Å². The van der Waals surface area contributed by atoms with Crippen molar-refractivity contribution < 1.29 is 4.79 Å². The van der Waals surface area contributed by atoms with Gasteiger partial charge in [0.15, 0.2) is 0 Å². The Morgan fingerprint density at radius 1 is 1.00 bits per heavy atom. The van der Waals surface area contributed by atoms with Gasteiger partial charge >= 0.3 is 0 Å². The number of anilines is 1. The Balaban J connectivity index is 1.43. The fourth-order valence-electron chi connectivity index (χ4n) is 4.43. The van der Waals surface area contributed by atoms with Crippen LogP contribution < -0.4 is 10.5 Å². The first-order valence-corrected chi connectivity index (χ1v) is 10.9. The zero-order chi connectivity index (χ0) is 20.1. The summed E-state index contributed by atoms with van der Waals surface area (Å²) in [5, 5.41) is 4.39. The molecule has 0 radical (unpaired) electrons. The average molecular weight is 395 g/mol. The quantitative estimate of drug-likeness (QED) is 0.800. The molecule has 2 aromatic rings. The van der Waals surface area contributed by atoms with E-state index >= 15 is 0 Å². The lowest BCUT2D eigenvalue weighted by molar-refractivity contribution is -0.135. The maximum atomic E-state index is 13.0. The molecule has 6 nitrogen and oxygen atoms in total. The first-order chi connectivity index (χ1) is 14.2. The summed E-state index contributed by atoms with van der Waals surface area (Å²) in [7, 11) is 0. The molecule has 1 amide bonds. The zero-order valence-corrected chi connectivity index (χ0v) is 17.0. The van der Waals surface area contributed by atoms with Gasteiger partial charge in [0.1, 0.15) is 0 Å². The second kappa shape index (κ2) is 9.25. The average Bonchev–Trinajstić information content (AvgIpc) is 3.05. The third kappa shape index (κ3) is 4.86. The molecule has 2 aliphatic heterocycles. The van der Waals surface area contributed by atoms with Gasteiger partial charge in [0.2, 0.25) is 5.91 Å². The molecule has 29 heavy (non-hydrogen) atoms. The highest BCUT2D eigenvalue weighted by Crippen LogP contribution is 2.24. The minimum atomic E-state index is -0.104. The second-order valence-electron chi connectivity index (χ2n) is 8.22. The van der Waals surface area contributed by atoms with Crippen LogP contribution in [0.15, 0.2) is 47.4 Å². The Bertz CT molecular complexity index is 872. The fraction of sp³-hybridized carbons (Fsp3) is 0.522. The van der Waals surface area contributed by atoms with Gasteiger partial charge in [-0.1, -0.05) is 43.2 Å². The maximum Gasteiger partial charge on any atom is 0.269 e. The van der Waals surface area contributed by atoms with Crippen LogP contribution in [-0.2, 0) is 11.3 Å². The van der Waals surface area contributed by atoms with Crippen molar-refractivity contribution in [3.8, 4) is 0 Å². The molecule has 3 heterocycles. The molecule has 2 fully saturated rings. The standard InChI is InChI=1S/C23H30N4O2/c28-22-15-21(16-24-27(22)17-19-9-4-3-5-10-19)26-14-8-11-20(18-26)23(29)25-12-6-1-2-7-13-25/h3-5,9-10,15-16,20H,1-2,6-8,11-14,17-18H2. The molecule has 2 aliphatic rings. The van der Waals surface area contributed by atoms with Gasteiger partial charge in [0, 0.05) is 32.2 Å². The number of hydrogen-bond donors (Lipinski definition) is 0. The molecule has 0 spiro atoms. The van der Waals surface area contributed by atoms with Gasteiger partial charge in [0.05, 0.1) is 24.3 Å². The van der Waals surface area contributed by atoms with Gasteiger partial charge in [-0.3, -0.25) is 9.59 Å². The summed E-state index contributed by atoms with van der Waals surface area (Å²) in [5.41, 5.74) is 1.77. The molecule has 4 rings (SSSR count). The van der Waals surface area contributed by atoms with Gasteiger partial charge in [-0.15, -0.1) is 0 Å². The monoisotopic (exact) mass is 394 g/mol. The molecule has 1 aromatic heterocycles. The number of carbonyl (C=O) groups excluding carboxylic acids is 1. The number of benzene rings is 1. The van der Waals surface area contributed by atoms with Crippen molar-refractivity contribution in [2.45, 2.75) is 45.1 Å². The van der Waals surface area contributed by atoms with Gasteiger partial charge in [-0.2, -0.15) is 5.10 Å². The number of hydrogen-bond acceptors (Lipinski definition) is 4. The van der Waals surface area contributed by atoms with Crippen molar-refractivity contribution >= 4 is 11.6 Å². The molecular weight excluding hydrogens is 364 g/mol. The summed E-state index contributed by atoms with van der Waals surface area (Å²) in [6.07, 6.45) is 8.36. The molecule has 2 saturated heterocycles. The van der Waals surface area contributed by atoms with E-state index in [-0.39, 0.29) is 11.5 Å². The Morgan fingerprint density at radius 3 is 2.48 bits per heavy atom. The van der Waals surface area contributed by atoms with E-state index in [9.17, 15) is 9.59 Å². The first kappa shape index (κ1) is 19.7. The summed E-state index contributed by atoms with van der Waals surface area (Å²) < 4.78 is 1.49. The van der Waals surface area contributed by atoms with E-state index in [0.717, 1.165) is 56.6 Å². The van der Waals surface area contributed by atoms with Crippen LogP contribution in [0.5, 0.6) is 0 Å². The van der Waals surface area contributed by atoms with E-state index in [2.05, 4.69) is 14.9 Å². The lowest BCUT2D eigenvalue weighted by Gasteiger charge is -2.35. The molecule has 6 heteroatoms. The lowest BCUT2D eigenvalue weighted by atomic mass is 9.96. The maximum absolute atomic E-state index is 13.0. The van der Waals surface area contributed by atoms with E-state index < -0.39 is 0 Å². The summed E-state index contributed by atoms with van der Waals surface area (Å²) in [5.74, 6) is 0.315. The summed E-state index contributed by atoms with van der Waals surface area (Å²) in [6.45, 7) is 3.81. The topological polar surface area (TPSA) is 58.4 Å². The third-order valence-electron chi connectivity index (χ3n) is 6.08. The Kier molecular flexibility index (Phi) is 6.27. The van der Waals surface area contributed by atoms with Gasteiger partial charge < -0.3 is 9.80 Å². The second-order valence-corrected chi connectivity index (χ2v) is 8.22. The van der Waals surface area contributed by atoms with E-state index in [1.165, 1.54) is 17.5 Å². The number of aromatic nitrogens is 2. The number of amides is 1. The summed E-state index contributed by atoms with van der Waals surface area (Å²) >= 11 is 0. The van der Waals surface area contributed by atoms with Crippen LogP contribution in [-0.4, -0.2) is 46.8 Å². The van der Waals surface area contributed by atoms with Gasteiger partial charge in [0.25, 0.3) is 5.56 Å². The minimum Gasteiger partial charge on any atom is -0.369 e. The van der Waals surface area contributed by atoms with Crippen molar-refractivity contribution in [1.29, 1.82) is 0 Å². The lowest BCUT2D eigenvalue weighted by Crippen LogP contribution is -2.45. The highest BCUT2D eigenvalue weighted by atomic mass is 16.2. The van der Waals surface area contributed by atoms with E-state index in [0.29, 0.717) is 19.0 Å². The SMILES string of the molecule is O=C(C1CCCN(c2cnn(Cc3ccccc3)c(=O)c2)C1)N1CCCCCC1. The fourth-order valence-corrected chi connectivity index (χ4v) is 4.43. The Morgan fingerprint density at radius 2 is 1.76 bits per heavy atom. The van der Waals surface area contributed by atoms with Crippen molar-refractivity contribution in [2.75, 3.05) is 31.1 Å². The van der Waals surface area contributed by atoms with Crippen molar-refractivity contribution in [1.82, 2.24) is 14.7 Å². The van der Waals surface area contributed by atoms with Crippen molar-refractivity contribution in [3.63, 3.8) is 0 Å². The Labute approximate surface area is 172 Å². The van der Waals surface area contributed by atoms with Gasteiger partial charge in [-0.05, 0) is 31.2 Å². The number of nitrogens with zero attached hydrogens (tertiary/aromatic N) is 4. The first-order valence-electron chi connectivity index (χ1n) is 10.9. The highest BCUT2D eigenvalue weighted by Gasteiger charge is 2.30. The molecule has 0 saturated carbocycles. The van der Waals surface area contributed by atoms with E-state index in [1.54, 1.807) is 12.3 Å². The zero-order valence-electron chi connectivity index (χ0n) is 17.0. The molecular formula is C23H30N4O2.